The topological polar surface area (TPSA) is 70.9 Å². The van der Waals surface area contributed by atoms with Crippen LogP contribution >= 0.6 is 0 Å². The molecule has 0 aliphatic rings. The maximum Gasteiger partial charge on any atom is 0.142 e. The first-order valence-electron chi connectivity index (χ1n) is 5.86. The average Bonchev–Trinajstić information content (AvgIpc) is 2.42. The van der Waals surface area contributed by atoms with E-state index in [1.54, 1.807) is 24.4 Å². The Morgan fingerprint density at radius 1 is 1.05 bits per heavy atom. The number of pyridine rings is 1. The SMILES string of the molecule is Cc1ccc(Nc2ncnc3ccc(O)cc23)nc1. The zero-order valence-electron chi connectivity index (χ0n) is 10.3. The van der Waals surface area contributed by atoms with Gasteiger partial charge in [-0.15, -0.1) is 0 Å². The van der Waals surface area contributed by atoms with Crippen molar-refractivity contribution in [2.24, 2.45) is 0 Å². The standard InChI is InChI=1S/C14H12N4O/c1-9-2-5-13(15-7-9)18-14-11-6-10(19)3-4-12(11)16-8-17-14/h2-8,19H,1H3,(H,15,16,17,18). The molecule has 0 aliphatic carbocycles. The summed E-state index contributed by atoms with van der Waals surface area (Å²) in [5.41, 5.74) is 1.86. The number of rotatable bonds is 2. The lowest BCUT2D eigenvalue weighted by atomic mass is 10.2. The van der Waals surface area contributed by atoms with Gasteiger partial charge in [0.05, 0.1) is 5.52 Å². The first-order chi connectivity index (χ1) is 9.22. The number of benzene rings is 1. The van der Waals surface area contributed by atoms with Crippen molar-refractivity contribution in [2.75, 3.05) is 5.32 Å². The number of hydrogen-bond acceptors (Lipinski definition) is 5. The Morgan fingerprint density at radius 3 is 2.74 bits per heavy atom. The molecule has 5 nitrogen and oxygen atoms in total. The Morgan fingerprint density at radius 2 is 1.95 bits per heavy atom. The molecule has 0 bridgehead atoms. The predicted octanol–water partition coefficient (Wildman–Crippen LogP) is 2.78. The quantitative estimate of drug-likeness (QED) is 0.733. The van der Waals surface area contributed by atoms with E-state index in [4.69, 9.17) is 0 Å². The Hall–Kier alpha value is -2.69. The van der Waals surface area contributed by atoms with Crippen molar-refractivity contribution < 1.29 is 5.11 Å². The molecule has 3 aromatic rings. The Balaban J connectivity index is 2.05. The molecule has 94 valence electrons. The molecule has 0 aliphatic heterocycles. The summed E-state index contributed by atoms with van der Waals surface area (Å²) in [6, 6.07) is 8.83. The van der Waals surface area contributed by atoms with Crippen LogP contribution in [0.4, 0.5) is 11.6 Å². The fourth-order valence-corrected chi connectivity index (χ4v) is 1.81. The number of fused-ring (bicyclic) bond motifs is 1. The Bertz CT molecular complexity index is 725. The highest BCUT2D eigenvalue weighted by molar-refractivity contribution is 5.91. The van der Waals surface area contributed by atoms with Crippen LogP contribution in [0.3, 0.4) is 0 Å². The van der Waals surface area contributed by atoms with Crippen molar-refractivity contribution in [3.05, 3.63) is 48.4 Å². The summed E-state index contributed by atoms with van der Waals surface area (Å²) in [6.45, 7) is 1.98. The van der Waals surface area contributed by atoms with Gasteiger partial charge in [-0.2, -0.15) is 0 Å². The van der Waals surface area contributed by atoms with Crippen LogP contribution in [0.15, 0.2) is 42.9 Å². The van der Waals surface area contributed by atoms with Crippen molar-refractivity contribution in [1.82, 2.24) is 15.0 Å². The molecule has 5 heteroatoms. The average molecular weight is 252 g/mol. The van der Waals surface area contributed by atoms with Gasteiger partial charge < -0.3 is 10.4 Å². The van der Waals surface area contributed by atoms with Crippen molar-refractivity contribution >= 4 is 22.5 Å². The maximum absolute atomic E-state index is 9.56. The van der Waals surface area contributed by atoms with Gasteiger partial charge in [-0.05, 0) is 36.8 Å². The third-order valence-electron chi connectivity index (χ3n) is 2.78. The van der Waals surface area contributed by atoms with E-state index >= 15 is 0 Å². The van der Waals surface area contributed by atoms with Crippen molar-refractivity contribution in [3.8, 4) is 5.75 Å². The van der Waals surface area contributed by atoms with Gasteiger partial charge in [-0.1, -0.05) is 6.07 Å². The normalized spacial score (nSPS) is 10.6. The van der Waals surface area contributed by atoms with E-state index in [-0.39, 0.29) is 5.75 Å². The van der Waals surface area contributed by atoms with Crippen LogP contribution in [0.25, 0.3) is 10.9 Å². The number of phenols is 1. The van der Waals surface area contributed by atoms with Crippen LogP contribution < -0.4 is 5.32 Å². The van der Waals surface area contributed by atoms with Gasteiger partial charge in [0, 0.05) is 11.6 Å². The minimum atomic E-state index is 0.183. The van der Waals surface area contributed by atoms with E-state index in [0.29, 0.717) is 11.6 Å². The fourth-order valence-electron chi connectivity index (χ4n) is 1.81. The van der Waals surface area contributed by atoms with Crippen molar-refractivity contribution in [3.63, 3.8) is 0 Å². The second kappa shape index (κ2) is 4.53. The summed E-state index contributed by atoms with van der Waals surface area (Å²) in [7, 11) is 0. The van der Waals surface area contributed by atoms with Gasteiger partial charge in [-0.25, -0.2) is 15.0 Å². The van der Waals surface area contributed by atoms with Gasteiger partial charge in [0.25, 0.3) is 0 Å². The summed E-state index contributed by atoms with van der Waals surface area (Å²) in [5, 5.41) is 13.4. The van der Waals surface area contributed by atoms with E-state index in [2.05, 4.69) is 20.3 Å². The Labute approximate surface area is 110 Å². The number of nitrogens with zero attached hydrogens (tertiary/aromatic N) is 3. The van der Waals surface area contributed by atoms with Crippen LogP contribution in [-0.4, -0.2) is 20.1 Å². The minimum Gasteiger partial charge on any atom is -0.508 e. The zero-order valence-corrected chi connectivity index (χ0v) is 10.3. The third-order valence-corrected chi connectivity index (χ3v) is 2.78. The zero-order chi connectivity index (χ0) is 13.2. The molecular formula is C14H12N4O. The number of aromatic nitrogens is 3. The monoisotopic (exact) mass is 252 g/mol. The van der Waals surface area contributed by atoms with Crippen LogP contribution in [0.5, 0.6) is 5.75 Å². The lowest BCUT2D eigenvalue weighted by Crippen LogP contribution is -1.97. The number of phenolic OH excluding ortho intramolecular Hbond substituents is 1. The van der Waals surface area contributed by atoms with E-state index in [1.165, 1.54) is 6.33 Å². The maximum atomic E-state index is 9.56. The molecule has 0 saturated carbocycles. The van der Waals surface area contributed by atoms with Gasteiger partial charge in [0.1, 0.15) is 23.7 Å². The highest BCUT2D eigenvalue weighted by Gasteiger charge is 2.05. The summed E-state index contributed by atoms with van der Waals surface area (Å²) in [4.78, 5) is 12.6. The third kappa shape index (κ3) is 2.30. The molecule has 2 heterocycles. The molecule has 0 amide bonds. The van der Waals surface area contributed by atoms with E-state index in [0.717, 1.165) is 16.5 Å². The summed E-state index contributed by atoms with van der Waals surface area (Å²) < 4.78 is 0. The molecule has 0 atom stereocenters. The van der Waals surface area contributed by atoms with Crippen LogP contribution in [0.1, 0.15) is 5.56 Å². The first-order valence-corrected chi connectivity index (χ1v) is 5.86. The van der Waals surface area contributed by atoms with Gasteiger partial charge >= 0.3 is 0 Å². The first kappa shape index (κ1) is 11.4. The van der Waals surface area contributed by atoms with Gasteiger partial charge in [0.2, 0.25) is 0 Å². The van der Waals surface area contributed by atoms with Crippen LogP contribution in [0, 0.1) is 6.92 Å². The lowest BCUT2D eigenvalue weighted by molar-refractivity contribution is 0.476. The van der Waals surface area contributed by atoms with Crippen LogP contribution in [-0.2, 0) is 0 Å². The van der Waals surface area contributed by atoms with Gasteiger partial charge in [0.15, 0.2) is 0 Å². The highest BCUT2D eigenvalue weighted by atomic mass is 16.3. The Kier molecular flexibility index (Phi) is 2.72. The van der Waals surface area contributed by atoms with E-state index < -0.39 is 0 Å². The van der Waals surface area contributed by atoms with Crippen molar-refractivity contribution in [2.45, 2.75) is 6.92 Å². The number of anilines is 2. The number of nitrogens with one attached hydrogen (secondary N) is 1. The second-order valence-corrected chi connectivity index (χ2v) is 4.27. The molecular weight excluding hydrogens is 240 g/mol. The van der Waals surface area contributed by atoms with Gasteiger partial charge in [-0.3, -0.25) is 0 Å². The molecule has 0 radical (unpaired) electrons. The smallest absolute Gasteiger partial charge is 0.142 e. The molecule has 0 unspecified atom stereocenters. The van der Waals surface area contributed by atoms with Crippen LogP contribution in [0.2, 0.25) is 0 Å². The van der Waals surface area contributed by atoms with E-state index in [9.17, 15) is 5.11 Å². The highest BCUT2D eigenvalue weighted by Crippen LogP contribution is 2.25. The summed E-state index contributed by atoms with van der Waals surface area (Å²) in [6.07, 6.45) is 3.26. The molecule has 3 rings (SSSR count). The molecule has 2 N–H and O–H groups in total. The number of aryl methyl sites for hydroxylation is 1. The minimum absolute atomic E-state index is 0.183. The molecule has 1 aromatic carbocycles. The number of hydrogen-bond donors (Lipinski definition) is 2. The van der Waals surface area contributed by atoms with Crippen molar-refractivity contribution in [1.29, 1.82) is 0 Å². The lowest BCUT2D eigenvalue weighted by Gasteiger charge is -2.07. The molecule has 19 heavy (non-hydrogen) atoms. The number of aromatic hydroxyl groups is 1. The predicted molar refractivity (Wildman–Crippen MR) is 73.5 cm³/mol. The second-order valence-electron chi connectivity index (χ2n) is 4.27. The molecule has 0 spiro atoms. The summed E-state index contributed by atoms with van der Waals surface area (Å²) >= 11 is 0. The molecule has 2 aromatic heterocycles. The summed E-state index contributed by atoms with van der Waals surface area (Å²) in [5.74, 6) is 1.51. The molecule has 0 saturated heterocycles. The largest absolute Gasteiger partial charge is 0.508 e. The molecule has 0 fully saturated rings. The fraction of sp³-hybridized carbons (Fsp3) is 0.0714. The van der Waals surface area contributed by atoms with E-state index in [1.807, 2.05) is 19.1 Å².